The van der Waals surface area contributed by atoms with Gasteiger partial charge in [0.1, 0.15) is 17.6 Å². The summed E-state index contributed by atoms with van der Waals surface area (Å²) in [5.74, 6) is -3.24. The highest BCUT2D eigenvalue weighted by Gasteiger charge is 2.39. The first-order chi connectivity index (χ1) is 8.90. The van der Waals surface area contributed by atoms with Crippen LogP contribution < -0.4 is 0 Å². The summed E-state index contributed by atoms with van der Waals surface area (Å²) in [5, 5.41) is 27.9. The van der Waals surface area contributed by atoms with Crippen LogP contribution in [0.3, 0.4) is 0 Å². The van der Waals surface area contributed by atoms with Crippen molar-refractivity contribution in [1.29, 1.82) is 0 Å². The first-order valence-electron chi connectivity index (χ1n) is 5.60. The molecule has 6 nitrogen and oxygen atoms in total. The fraction of sp³-hybridized carbons (Fsp3) is 0.333. The minimum absolute atomic E-state index is 0.0664. The minimum Gasteiger partial charge on any atom is -0.507 e. The van der Waals surface area contributed by atoms with E-state index < -0.39 is 35.6 Å². The van der Waals surface area contributed by atoms with Gasteiger partial charge < -0.3 is 20.2 Å². The highest BCUT2D eigenvalue weighted by molar-refractivity contribution is 5.99. The number of hydrogen-bond acceptors (Lipinski definition) is 4. The summed E-state index contributed by atoms with van der Waals surface area (Å²) in [7, 11) is 0. The number of carboxylic acid groups (broad SMARTS) is 1. The topological polar surface area (TPSA) is 98.1 Å². The van der Waals surface area contributed by atoms with Gasteiger partial charge in [0.2, 0.25) is 0 Å². The number of amides is 1. The lowest BCUT2D eigenvalue weighted by Crippen LogP contribution is -2.40. The normalized spacial score (nSPS) is 22.5. The van der Waals surface area contributed by atoms with E-state index in [-0.39, 0.29) is 18.5 Å². The highest BCUT2D eigenvalue weighted by atomic mass is 19.1. The Labute approximate surface area is 107 Å². The molecule has 2 rings (SSSR count). The molecule has 1 fully saturated rings. The molecule has 0 spiro atoms. The van der Waals surface area contributed by atoms with Crippen molar-refractivity contribution in [3.63, 3.8) is 0 Å². The molecule has 0 aromatic heterocycles. The number of aromatic hydroxyl groups is 1. The molecular weight excluding hydrogens is 257 g/mol. The monoisotopic (exact) mass is 269 g/mol. The number of carbonyl (C=O) groups excluding carboxylic acids is 1. The zero-order chi connectivity index (χ0) is 14.2. The van der Waals surface area contributed by atoms with Gasteiger partial charge in [0, 0.05) is 19.0 Å². The molecule has 2 atom stereocenters. The van der Waals surface area contributed by atoms with Crippen LogP contribution in [0.4, 0.5) is 4.39 Å². The van der Waals surface area contributed by atoms with E-state index in [0.29, 0.717) is 0 Å². The van der Waals surface area contributed by atoms with E-state index in [1.165, 1.54) is 0 Å². The molecule has 7 heteroatoms. The first-order valence-corrected chi connectivity index (χ1v) is 5.60. The molecule has 1 saturated heterocycles. The number of carboxylic acids is 1. The summed E-state index contributed by atoms with van der Waals surface area (Å²) in [6.07, 6.45) is -0.990. The number of hydrogen-bond donors (Lipinski definition) is 3. The number of rotatable bonds is 2. The van der Waals surface area contributed by atoms with E-state index in [1.807, 2.05) is 0 Å². The number of phenolic OH excluding ortho intramolecular Hbond substituents is 1. The van der Waals surface area contributed by atoms with Gasteiger partial charge in [-0.25, -0.2) is 9.18 Å². The Kier molecular flexibility index (Phi) is 3.39. The van der Waals surface area contributed by atoms with Gasteiger partial charge in [0.05, 0.1) is 11.7 Å². The predicted octanol–water partition coefficient (Wildman–Crippen LogP) is 0.191. The van der Waals surface area contributed by atoms with Gasteiger partial charge in [0.25, 0.3) is 5.91 Å². The quantitative estimate of drug-likeness (QED) is 0.712. The van der Waals surface area contributed by atoms with Crippen LogP contribution in [0, 0.1) is 5.82 Å². The second kappa shape index (κ2) is 4.85. The molecule has 1 aromatic rings. The number of β-amino-alcohol motifs (C(OH)–C–C–N with tert-alkyl or cyclic N) is 1. The fourth-order valence-electron chi connectivity index (χ4n) is 2.11. The maximum Gasteiger partial charge on any atom is 0.326 e. The first kappa shape index (κ1) is 13.3. The molecule has 1 unspecified atom stereocenters. The largest absolute Gasteiger partial charge is 0.507 e. The molecule has 1 aliphatic heterocycles. The van der Waals surface area contributed by atoms with Crippen molar-refractivity contribution < 1.29 is 29.3 Å². The summed E-state index contributed by atoms with van der Waals surface area (Å²) in [4.78, 5) is 24.1. The molecule has 1 amide bonds. The Morgan fingerprint density at radius 1 is 1.37 bits per heavy atom. The smallest absolute Gasteiger partial charge is 0.326 e. The Balaban J connectivity index is 2.30. The number of likely N-dealkylation sites (tertiary alicyclic amines) is 1. The van der Waals surface area contributed by atoms with E-state index in [2.05, 4.69) is 0 Å². The van der Waals surface area contributed by atoms with E-state index in [9.17, 15) is 24.2 Å². The molecule has 1 heterocycles. The number of halogens is 1. The summed E-state index contributed by atoms with van der Waals surface area (Å²) in [5.41, 5.74) is -0.193. The van der Waals surface area contributed by atoms with Crippen molar-refractivity contribution in [2.75, 3.05) is 6.54 Å². The lowest BCUT2D eigenvalue weighted by atomic mass is 10.1. The number of carbonyl (C=O) groups is 2. The molecule has 0 bridgehead atoms. The lowest BCUT2D eigenvalue weighted by molar-refractivity contribution is -0.141. The highest BCUT2D eigenvalue weighted by Crippen LogP contribution is 2.25. The van der Waals surface area contributed by atoms with Crippen LogP contribution in [-0.2, 0) is 4.79 Å². The van der Waals surface area contributed by atoms with Crippen LogP contribution in [-0.4, -0.2) is 50.8 Å². The van der Waals surface area contributed by atoms with Crippen molar-refractivity contribution in [2.24, 2.45) is 0 Å². The predicted molar refractivity (Wildman–Crippen MR) is 61.1 cm³/mol. The van der Waals surface area contributed by atoms with Gasteiger partial charge in [-0.15, -0.1) is 0 Å². The standard InChI is InChI=1S/C12H12FNO5/c13-6-1-2-8(10(16)3-6)11(17)14-5-7(15)4-9(14)12(18)19/h1-3,7,9,15-16H,4-5H2,(H,18,19)/t7?,9-/m0/s1. The van der Waals surface area contributed by atoms with Crippen molar-refractivity contribution in [3.8, 4) is 5.75 Å². The molecule has 19 heavy (non-hydrogen) atoms. The lowest BCUT2D eigenvalue weighted by Gasteiger charge is -2.21. The molecular formula is C12H12FNO5. The second-order valence-electron chi connectivity index (χ2n) is 4.36. The molecule has 0 saturated carbocycles. The Morgan fingerprint density at radius 3 is 2.63 bits per heavy atom. The average Bonchev–Trinajstić information content (AvgIpc) is 2.70. The molecule has 1 aliphatic rings. The fourth-order valence-corrected chi connectivity index (χ4v) is 2.11. The average molecular weight is 269 g/mol. The molecule has 1 aromatic carbocycles. The van der Waals surface area contributed by atoms with Crippen molar-refractivity contribution in [3.05, 3.63) is 29.6 Å². The van der Waals surface area contributed by atoms with E-state index in [0.717, 1.165) is 23.1 Å². The van der Waals surface area contributed by atoms with E-state index >= 15 is 0 Å². The summed E-state index contributed by atoms with van der Waals surface area (Å²) >= 11 is 0. The van der Waals surface area contributed by atoms with E-state index in [1.54, 1.807) is 0 Å². The second-order valence-corrected chi connectivity index (χ2v) is 4.36. The van der Waals surface area contributed by atoms with Crippen LogP contribution in [0.15, 0.2) is 18.2 Å². The zero-order valence-electron chi connectivity index (χ0n) is 9.78. The van der Waals surface area contributed by atoms with Crippen LogP contribution in [0.1, 0.15) is 16.8 Å². The Bertz CT molecular complexity index is 533. The van der Waals surface area contributed by atoms with Gasteiger partial charge in [-0.1, -0.05) is 0 Å². The SMILES string of the molecule is O=C(O)[C@@H]1CC(O)CN1C(=O)c1ccc(F)cc1O. The number of benzene rings is 1. The van der Waals surface area contributed by atoms with Crippen molar-refractivity contribution in [2.45, 2.75) is 18.6 Å². The van der Waals surface area contributed by atoms with Gasteiger partial charge in [-0.3, -0.25) is 4.79 Å². The van der Waals surface area contributed by atoms with Crippen molar-refractivity contribution >= 4 is 11.9 Å². The third-order valence-electron chi connectivity index (χ3n) is 3.02. The van der Waals surface area contributed by atoms with Gasteiger partial charge in [0.15, 0.2) is 0 Å². The van der Waals surface area contributed by atoms with Gasteiger partial charge in [-0.05, 0) is 12.1 Å². The Morgan fingerprint density at radius 2 is 2.05 bits per heavy atom. The number of phenols is 1. The maximum atomic E-state index is 12.8. The zero-order valence-corrected chi connectivity index (χ0v) is 9.78. The third-order valence-corrected chi connectivity index (χ3v) is 3.02. The third kappa shape index (κ3) is 2.50. The van der Waals surface area contributed by atoms with Gasteiger partial charge in [-0.2, -0.15) is 0 Å². The maximum absolute atomic E-state index is 12.8. The number of nitrogens with zero attached hydrogens (tertiary/aromatic N) is 1. The molecule has 0 radical (unpaired) electrons. The van der Waals surface area contributed by atoms with Crippen LogP contribution >= 0.6 is 0 Å². The molecule has 3 N–H and O–H groups in total. The van der Waals surface area contributed by atoms with Crippen LogP contribution in [0.25, 0.3) is 0 Å². The van der Waals surface area contributed by atoms with Crippen LogP contribution in [0.5, 0.6) is 5.75 Å². The number of aliphatic carboxylic acids is 1. The summed E-state index contributed by atoms with van der Waals surface area (Å²) in [6.45, 7) is -0.132. The van der Waals surface area contributed by atoms with Crippen molar-refractivity contribution in [1.82, 2.24) is 4.90 Å². The summed E-state index contributed by atoms with van der Waals surface area (Å²) < 4.78 is 12.8. The molecule has 0 aliphatic carbocycles. The Hall–Kier alpha value is -2.15. The van der Waals surface area contributed by atoms with Crippen LogP contribution in [0.2, 0.25) is 0 Å². The number of aliphatic hydroxyl groups excluding tert-OH is 1. The molecule has 102 valence electrons. The van der Waals surface area contributed by atoms with Gasteiger partial charge >= 0.3 is 5.97 Å². The summed E-state index contributed by atoms with van der Waals surface area (Å²) in [6, 6.07) is 1.70. The number of aliphatic hydroxyl groups is 1. The van der Waals surface area contributed by atoms with E-state index in [4.69, 9.17) is 5.11 Å². The minimum atomic E-state index is -1.23.